The average molecular weight is 483 g/mol. The van der Waals surface area contributed by atoms with Crippen LogP contribution in [0.15, 0.2) is 53.4 Å². The van der Waals surface area contributed by atoms with Gasteiger partial charge in [0.1, 0.15) is 0 Å². The van der Waals surface area contributed by atoms with Gasteiger partial charge in [0.05, 0.1) is 27.6 Å². The normalized spacial score (nSPS) is 12.6. The SMILES string of the molecule is CCCOc1nnc([C@@H](Cc2ccccc2)NS(=O)(=O)c2ccc(Cl)c(Cl)c2)n1CC. The third-order valence-electron chi connectivity index (χ3n) is 4.59. The van der Waals surface area contributed by atoms with E-state index in [-0.39, 0.29) is 14.9 Å². The van der Waals surface area contributed by atoms with Gasteiger partial charge in [0.25, 0.3) is 0 Å². The molecule has 0 bridgehead atoms. The van der Waals surface area contributed by atoms with Gasteiger partial charge in [-0.3, -0.25) is 4.57 Å². The van der Waals surface area contributed by atoms with E-state index in [1.54, 1.807) is 4.57 Å². The molecule has 0 saturated heterocycles. The van der Waals surface area contributed by atoms with Gasteiger partial charge in [0.2, 0.25) is 10.0 Å². The predicted octanol–water partition coefficient (Wildman–Crippen LogP) is 4.66. The van der Waals surface area contributed by atoms with Crippen LogP contribution in [0.1, 0.15) is 37.7 Å². The van der Waals surface area contributed by atoms with Gasteiger partial charge in [-0.1, -0.05) is 65.6 Å². The van der Waals surface area contributed by atoms with Crippen LogP contribution in [-0.2, 0) is 23.0 Å². The zero-order valence-corrected chi connectivity index (χ0v) is 19.6. The lowest BCUT2D eigenvalue weighted by atomic mass is 10.1. The maximum absolute atomic E-state index is 13.1. The lowest BCUT2D eigenvalue weighted by Crippen LogP contribution is -2.32. The molecule has 1 N–H and O–H groups in total. The van der Waals surface area contributed by atoms with Crippen LogP contribution in [0.3, 0.4) is 0 Å². The molecule has 0 radical (unpaired) electrons. The summed E-state index contributed by atoms with van der Waals surface area (Å²) in [5, 5.41) is 8.84. The van der Waals surface area contributed by atoms with Gasteiger partial charge in [0.15, 0.2) is 5.82 Å². The first-order valence-corrected chi connectivity index (χ1v) is 12.2. The lowest BCUT2D eigenvalue weighted by molar-refractivity contribution is 0.276. The Morgan fingerprint density at radius 3 is 2.45 bits per heavy atom. The molecule has 0 aliphatic carbocycles. The van der Waals surface area contributed by atoms with E-state index in [4.69, 9.17) is 27.9 Å². The molecular weight excluding hydrogens is 459 g/mol. The van der Waals surface area contributed by atoms with Crippen LogP contribution >= 0.6 is 23.2 Å². The summed E-state index contributed by atoms with van der Waals surface area (Å²) in [6, 6.07) is 13.5. The number of aromatic nitrogens is 3. The maximum Gasteiger partial charge on any atom is 0.316 e. The van der Waals surface area contributed by atoms with Gasteiger partial charge in [-0.05, 0) is 43.5 Å². The van der Waals surface area contributed by atoms with Gasteiger partial charge in [0, 0.05) is 6.54 Å². The molecule has 10 heteroatoms. The predicted molar refractivity (Wildman–Crippen MR) is 121 cm³/mol. The highest BCUT2D eigenvalue weighted by Gasteiger charge is 2.27. The Bertz CT molecular complexity index is 1120. The van der Waals surface area contributed by atoms with Gasteiger partial charge >= 0.3 is 6.01 Å². The Kier molecular flexibility index (Phi) is 7.94. The zero-order valence-electron chi connectivity index (χ0n) is 17.3. The Hall–Kier alpha value is -2.13. The number of nitrogens with one attached hydrogen (secondary N) is 1. The molecule has 1 heterocycles. The maximum atomic E-state index is 13.1. The zero-order chi connectivity index (χ0) is 22.4. The van der Waals surface area contributed by atoms with E-state index in [1.165, 1.54) is 18.2 Å². The van der Waals surface area contributed by atoms with Gasteiger partial charge in [-0.2, -0.15) is 0 Å². The van der Waals surface area contributed by atoms with E-state index in [1.807, 2.05) is 44.2 Å². The van der Waals surface area contributed by atoms with Gasteiger partial charge < -0.3 is 4.74 Å². The molecule has 3 aromatic rings. The fraction of sp³-hybridized carbons (Fsp3) is 0.333. The van der Waals surface area contributed by atoms with E-state index in [0.717, 1.165) is 12.0 Å². The van der Waals surface area contributed by atoms with Crippen LogP contribution in [-0.4, -0.2) is 29.8 Å². The molecule has 0 amide bonds. The fourth-order valence-electron chi connectivity index (χ4n) is 3.09. The molecule has 3 rings (SSSR count). The first-order valence-electron chi connectivity index (χ1n) is 9.93. The molecular formula is C21H24Cl2N4O3S. The first kappa shape index (κ1) is 23.5. The molecule has 31 heavy (non-hydrogen) atoms. The first-order chi connectivity index (χ1) is 14.9. The fourth-order valence-corrected chi connectivity index (χ4v) is 4.67. The Labute approximate surface area is 192 Å². The second-order valence-electron chi connectivity index (χ2n) is 6.87. The minimum atomic E-state index is -3.91. The summed E-state index contributed by atoms with van der Waals surface area (Å²) in [6.07, 6.45) is 1.20. The highest BCUT2D eigenvalue weighted by molar-refractivity contribution is 7.89. The second kappa shape index (κ2) is 10.5. The summed E-state index contributed by atoms with van der Waals surface area (Å²) < 4.78 is 36.5. The third-order valence-corrected chi connectivity index (χ3v) is 6.80. The van der Waals surface area contributed by atoms with E-state index in [2.05, 4.69) is 14.9 Å². The van der Waals surface area contributed by atoms with Crippen molar-refractivity contribution in [2.24, 2.45) is 0 Å². The van der Waals surface area contributed by atoms with E-state index in [0.29, 0.717) is 31.4 Å². The van der Waals surface area contributed by atoms with Crippen LogP contribution in [0, 0.1) is 0 Å². The number of sulfonamides is 1. The highest BCUT2D eigenvalue weighted by atomic mass is 35.5. The summed E-state index contributed by atoms with van der Waals surface area (Å²) in [7, 11) is -3.91. The molecule has 0 fully saturated rings. The largest absolute Gasteiger partial charge is 0.464 e. The van der Waals surface area contributed by atoms with Crippen molar-refractivity contribution in [2.45, 2.75) is 44.2 Å². The number of halogens is 2. The number of ether oxygens (including phenoxy) is 1. The topological polar surface area (TPSA) is 86.1 Å². The molecule has 0 spiro atoms. The minimum Gasteiger partial charge on any atom is -0.464 e. The monoisotopic (exact) mass is 482 g/mol. The Morgan fingerprint density at radius 2 is 1.81 bits per heavy atom. The molecule has 0 unspecified atom stereocenters. The molecule has 0 saturated carbocycles. The number of hydrogen-bond acceptors (Lipinski definition) is 5. The Balaban J connectivity index is 1.99. The van der Waals surface area contributed by atoms with Crippen molar-refractivity contribution in [1.82, 2.24) is 19.5 Å². The van der Waals surface area contributed by atoms with Crippen molar-refractivity contribution in [3.05, 3.63) is 70.0 Å². The van der Waals surface area contributed by atoms with Crippen LogP contribution in [0.2, 0.25) is 10.0 Å². The van der Waals surface area contributed by atoms with E-state index < -0.39 is 16.1 Å². The van der Waals surface area contributed by atoms with Crippen LogP contribution in [0.5, 0.6) is 6.01 Å². The summed E-state index contributed by atoms with van der Waals surface area (Å²) in [5.41, 5.74) is 0.950. The molecule has 1 aromatic heterocycles. The standard InChI is InChI=1S/C21H24Cl2N4O3S/c1-3-12-30-21-25-24-20(27(21)4-2)19(13-15-8-6-5-7-9-15)26-31(28,29)16-10-11-17(22)18(23)14-16/h5-11,14,19,26H,3-4,12-13H2,1-2H3/t19-/m1/s1. The minimum absolute atomic E-state index is 0.0185. The lowest BCUT2D eigenvalue weighted by Gasteiger charge is -2.19. The summed E-state index contributed by atoms with van der Waals surface area (Å²) in [4.78, 5) is 0.0185. The number of rotatable bonds is 10. The summed E-state index contributed by atoms with van der Waals surface area (Å²) in [5.74, 6) is 0.473. The highest BCUT2D eigenvalue weighted by Crippen LogP contribution is 2.27. The summed E-state index contributed by atoms with van der Waals surface area (Å²) in [6.45, 7) is 4.95. The van der Waals surface area contributed by atoms with Crippen molar-refractivity contribution in [2.75, 3.05) is 6.61 Å². The summed E-state index contributed by atoms with van der Waals surface area (Å²) >= 11 is 12.0. The van der Waals surface area contributed by atoms with Crippen molar-refractivity contribution in [1.29, 1.82) is 0 Å². The molecule has 1 atom stereocenters. The third kappa shape index (κ3) is 5.77. The molecule has 166 valence electrons. The number of nitrogens with zero attached hydrogens (tertiary/aromatic N) is 3. The molecule has 0 aliphatic rings. The van der Waals surface area contributed by atoms with Crippen LogP contribution in [0.4, 0.5) is 0 Å². The molecule has 2 aromatic carbocycles. The van der Waals surface area contributed by atoms with Crippen LogP contribution < -0.4 is 9.46 Å². The smallest absolute Gasteiger partial charge is 0.316 e. The molecule has 7 nitrogen and oxygen atoms in total. The van der Waals surface area contributed by atoms with Crippen molar-refractivity contribution in [3.63, 3.8) is 0 Å². The van der Waals surface area contributed by atoms with Gasteiger partial charge in [-0.15, -0.1) is 5.10 Å². The number of benzene rings is 2. The second-order valence-corrected chi connectivity index (χ2v) is 9.40. The van der Waals surface area contributed by atoms with Gasteiger partial charge in [-0.25, -0.2) is 13.1 Å². The van der Waals surface area contributed by atoms with Crippen molar-refractivity contribution >= 4 is 33.2 Å². The van der Waals surface area contributed by atoms with Crippen LogP contribution in [0.25, 0.3) is 0 Å². The number of hydrogen-bond donors (Lipinski definition) is 1. The Morgan fingerprint density at radius 1 is 1.06 bits per heavy atom. The van der Waals surface area contributed by atoms with Crippen molar-refractivity contribution in [3.8, 4) is 6.01 Å². The molecule has 0 aliphatic heterocycles. The quantitative estimate of drug-likeness (QED) is 0.454. The average Bonchev–Trinajstić information content (AvgIpc) is 3.17. The van der Waals surface area contributed by atoms with E-state index in [9.17, 15) is 8.42 Å². The van der Waals surface area contributed by atoms with E-state index >= 15 is 0 Å². The van der Waals surface area contributed by atoms with Crippen molar-refractivity contribution < 1.29 is 13.2 Å².